The molecular weight excluding hydrogens is 468 g/mol. The van der Waals surface area contributed by atoms with Crippen molar-refractivity contribution >= 4 is 5.97 Å². The first-order valence-electron chi connectivity index (χ1n) is 11.9. The highest BCUT2D eigenvalue weighted by atomic mass is 19.1. The number of para-hydroxylation sites is 1. The Hall–Kier alpha value is -3.49. The molecule has 1 heterocycles. The predicted octanol–water partition coefficient (Wildman–Crippen LogP) is 5.23. The van der Waals surface area contributed by atoms with Crippen molar-refractivity contribution in [2.24, 2.45) is 5.73 Å². The molecule has 3 aromatic carbocycles. The fraction of sp³-hybridized carbons (Fsp3) is 0.321. The molecule has 0 saturated carbocycles. The Balaban J connectivity index is 1.64. The Kier molecular flexibility index (Phi) is 8.51. The second-order valence-electron chi connectivity index (χ2n) is 8.75. The van der Waals surface area contributed by atoms with Crippen molar-refractivity contribution < 1.29 is 32.9 Å². The molecule has 4 rings (SSSR count). The van der Waals surface area contributed by atoms with E-state index in [-0.39, 0.29) is 30.3 Å². The minimum Gasteiger partial charge on any atom is -0.491 e. The first-order chi connectivity index (χ1) is 17.4. The van der Waals surface area contributed by atoms with Crippen LogP contribution in [0.15, 0.2) is 60.7 Å². The Labute approximate surface area is 208 Å². The zero-order valence-corrected chi connectivity index (χ0v) is 19.8. The van der Waals surface area contributed by atoms with E-state index in [1.54, 1.807) is 54.6 Å². The van der Waals surface area contributed by atoms with Gasteiger partial charge in [0, 0.05) is 23.3 Å². The van der Waals surface area contributed by atoms with E-state index in [4.69, 9.17) is 19.9 Å². The van der Waals surface area contributed by atoms with Gasteiger partial charge < -0.3 is 25.1 Å². The number of alkyl halides is 1. The largest absolute Gasteiger partial charge is 0.491 e. The van der Waals surface area contributed by atoms with Crippen LogP contribution in [0.2, 0.25) is 0 Å². The van der Waals surface area contributed by atoms with E-state index >= 15 is 4.39 Å². The first-order valence-corrected chi connectivity index (χ1v) is 11.9. The average Bonchev–Trinajstić information content (AvgIpc) is 3.40. The van der Waals surface area contributed by atoms with Crippen molar-refractivity contribution in [3.63, 3.8) is 0 Å². The van der Waals surface area contributed by atoms with Gasteiger partial charge in [0.1, 0.15) is 37.2 Å². The molecule has 3 N–H and O–H groups in total. The van der Waals surface area contributed by atoms with Gasteiger partial charge >= 0.3 is 5.97 Å². The van der Waals surface area contributed by atoms with Crippen LogP contribution in [0, 0.1) is 5.82 Å². The monoisotopic (exact) mass is 497 g/mol. The fourth-order valence-corrected chi connectivity index (χ4v) is 4.20. The van der Waals surface area contributed by atoms with Crippen molar-refractivity contribution in [1.29, 1.82) is 0 Å². The molecule has 190 valence electrons. The molecule has 2 atom stereocenters. The molecule has 0 aliphatic carbocycles. The lowest BCUT2D eigenvalue weighted by molar-refractivity contribution is -0.136. The molecule has 1 unspecified atom stereocenters. The SMILES string of the molecule is NC(CF)c1cccc(-c2cc(COc3ccccc3CC(=O)O)cc(OC[C@H]3CCCO3)c2)c1F. The van der Waals surface area contributed by atoms with E-state index in [2.05, 4.69) is 0 Å². The zero-order chi connectivity index (χ0) is 25.5. The van der Waals surface area contributed by atoms with Gasteiger partial charge in [-0.2, -0.15) is 0 Å². The van der Waals surface area contributed by atoms with Crippen molar-refractivity contribution in [3.8, 4) is 22.6 Å². The summed E-state index contributed by atoms with van der Waals surface area (Å²) in [6.07, 6.45) is 1.72. The summed E-state index contributed by atoms with van der Waals surface area (Å²) in [5, 5.41) is 9.18. The minimum atomic E-state index is -1.06. The minimum absolute atomic E-state index is 0.00105. The Morgan fingerprint density at radius 2 is 1.97 bits per heavy atom. The number of carbonyl (C=O) groups is 1. The summed E-state index contributed by atoms with van der Waals surface area (Å²) < 4.78 is 46.1. The molecule has 36 heavy (non-hydrogen) atoms. The predicted molar refractivity (Wildman–Crippen MR) is 131 cm³/mol. The molecule has 8 heteroatoms. The Morgan fingerprint density at radius 3 is 2.72 bits per heavy atom. The summed E-state index contributed by atoms with van der Waals surface area (Å²) in [5.41, 5.74) is 7.91. The summed E-state index contributed by atoms with van der Waals surface area (Å²) in [5.74, 6) is -0.577. The fourth-order valence-electron chi connectivity index (χ4n) is 4.20. The van der Waals surface area contributed by atoms with Crippen LogP contribution in [-0.4, -0.2) is 37.1 Å². The summed E-state index contributed by atoms with van der Waals surface area (Å²) in [7, 11) is 0. The molecule has 1 saturated heterocycles. The van der Waals surface area contributed by atoms with Gasteiger partial charge in [0.15, 0.2) is 0 Å². The summed E-state index contributed by atoms with van der Waals surface area (Å²) >= 11 is 0. The molecule has 0 amide bonds. The van der Waals surface area contributed by atoms with Crippen LogP contribution in [0.3, 0.4) is 0 Å². The van der Waals surface area contributed by atoms with Crippen LogP contribution in [0.1, 0.15) is 35.6 Å². The maximum Gasteiger partial charge on any atom is 0.307 e. The van der Waals surface area contributed by atoms with Crippen LogP contribution < -0.4 is 15.2 Å². The molecule has 0 bridgehead atoms. The molecule has 1 fully saturated rings. The maximum atomic E-state index is 15.3. The summed E-state index contributed by atoms with van der Waals surface area (Å²) in [4.78, 5) is 11.2. The second-order valence-corrected chi connectivity index (χ2v) is 8.75. The van der Waals surface area contributed by atoms with E-state index < -0.39 is 24.5 Å². The number of hydrogen-bond acceptors (Lipinski definition) is 5. The van der Waals surface area contributed by atoms with Gasteiger partial charge in [0.05, 0.1) is 18.6 Å². The molecule has 1 aliphatic rings. The van der Waals surface area contributed by atoms with Gasteiger partial charge in [-0.3, -0.25) is 4.79 Å². The molecule has 0 aromatic heterocycles. The van der Waals surface area contributed by atoms with E-state index in [0.29, 0.717) is 41.4 Å². The van der Waals surface area contributed by atoms with Gasteiger partial charge in [-0.25, -0.2) is 8.78 Å². The molecular formula is C28H29F2NO5. The number of hydrogen-bond donors (Lipinski definition) is 2. The molecule has 0 radical (unpaired) electrons. The third-order valence-electron chi connectivity index (χ3n) is 6.04. The van der Waals surface area contributed by atoms with E-state index in [0.717, 1.165) is 12.8 Å². The Bertz CT molecular complexity index is 1200. The number of carboxylic acids is 1. The Morgan fingerprint density at radius 1 is 1.14 bits per heavy atom. The normalized spacial score (nSPS) is 16.0. The van der Waals surface area contributed by atoms with Gasteiger partial charge in [-0.05, 0) is 48.2 Å². The van der Waals surface area contributed by atoms with Gasteiger partial charge in [-0.15, -0.1) is 0 Å². The van der Waals surface area contributed by atoms with Crippen molar-refractivity contribution in [2.75, 3.05) is 19.9 Å². The lowest BCUT2D eigenvalue weighted by Crippen LogP contribution is -2.16. The highest BCUT2D eigenvalue weighted by molar-refractivity contribution is 5.71. The van der Waals surface area contributed by atoms with Crippen molar-refractivity contribution in [1.82, 2.24) is 0 Å². The van der Waals surface area contributed by atoms with Gasteiger partial charge in [-0.1, -0.05) is 36.4 Å². The number of rotatable bonds is 11. The number of carboxylic acid groups (broad SMARTS) is 1. The van der Waals surface area contributed by atoms with Crippen LogP contribution in [0.4, 0.5) is 8.78 Å². The maximum absolute atomic E-state index is 15.3. The standard InChI is InChI=1S/C28H29F2NO5/c29-15-25(31)24-8-3-7-23(28(24)30)20-11-18(12-22(13-20)35-17-21-6-4-10-34-21)16-36-26-9-2-1-5-19(26)14-27(32)33/h1-3,5,7-9,11-13,21,25H,4,6,10,14-17,31H2,(H,32,33)/t21-,25?/m1/s1. The second kappa shape index (κ2) is 12.0. The van der Waals surface area contributed by atoms with Crippen molar-refractivity contribution in [2.45, 2.75) is 38.0 Å². The quantitative estimate of drug-likeness (QED) is 0.377. The number of benzene rings is 3. The third kappa shape index (κ3) is 6.38. The highest BCUT2D eigenvalue weighted by Crippen LogP contribution is 2.32. The van der Waals surface area contributed by atoms with E-state index in [1.807, 2.05) is 0 Å². The number of halogens is 2. The molecule has 0 spiro atoms. The smallest absolute Gasteiger partial charge is 0.307 e. The summed E-state index contributed by atoms with van der Waals surface area (Å²) in [6.45, 7) is 0.294. The lowest BCUT2D eigenvalue weighted by atomic mass is 9.97. The highest BCUT2D eigenvalue weighted by Gasteiger charge is 2.19. The summed E-state index contributed by atoms with van der Waals surface area (Å²) in [6, 6.07) is 15.9. The van der Waals surface area contributed by atoms with Crippen molar-refractivity contribution in [3.05, 3.63) is 83.2 Å². The van der Waals surface area contributed by atoms with Crippen LogP contribution in [0.5, 0.6) is 11.5 Å². The topological polar surface area (TPSA) is 91.0 Å². The van der Waals surface area contributed by atoms with E-state index in [1.165, 1.54) is 6.07 Å². The molecule has 3 aromatic rings. The van der Waals surface area contributed by atoms with E-state index in [9.17, 15) is 14.3 Å². The van der Waals surface area contributed by atoms with Crippen LogP contribution in [0.25, 0.3) is 11.1 Å². The van der Waals surface area contributed by atoms with Crippen LogP contribution in [-0.2, 0) is 22.6 Å². The molecule has 1 aliphatic heterocycles. The van der Waals surface area contributed by atoms with Gasteiger partial charge in [0.2, 0.25) is 0 Å². The first kappa shape index (κ1) is 25.6. The lowest BCUT2D eigenvalue weighted by Gasteiger charge is -2.17. The third-order valence-corrected chi connectivity index (χ3v) is 6.04. The number of aliphatic carboxylic acids is 1. The van der Waals surface area contributed by atoms with Crippen LogP contribution >= 0.6 is 0 Å². The number of ether oxygens (including phenoxy) is 3. The average molecular weight is 498 g/mol. The zero-order valence-electron chi connectivity index (χ0n) is 19.8. The molecule has 6 nitrogen and oxygen atoms in total. The number of nitrogens with two attached hydrogens (primary N) is 1. The van der Waals surface area contributed by atoms with Gasteiger partial charge in [0.25, 0.3) is 0 Å².